The third-order valence-electron chi connectivity index (χ3n) is 5.63. The molecule has 0 saturated heterocycles. The summed E-state index contributed by atoms with van der Waals surface area (Å²) in [6.45, 7) is 4.16. The van der Waals surface area contributed by atoms with E-state index in [4.69, 9.17) is 11.6 Å². The van der Waals surface area contributed by atoms with E-state index in [0.29, 0.717) is 5.02 Å². The molecule has 0 spiro atoms. The van der Waals surface area contributed by atoms with E-state index in [1.807, 2.05) is 18.2 Å². The number of carbonyl (C=O) groups excluding carboxylic acids is 1. The molecule has 0 radical (unpaired) electrons. The lowest BCUT2D eigenvalue weighted by Crippen LogP contribution is -2.25. The Balaban J connectivity index is 1.60. The number of nitrogens with one attached hydrogen (secondary N) is 1. The number of hydrazone groups is 1. The van der Waals surface area contributed by atoms with Crippen molar-refractivity contribution in [2.24, 2.45) is 11.0 Å². The first-order valence-electron chi connectivity index (χ1n) is 9.72. The minimum absolute atomic E-state index is 0.0729. The van der Waals surface area contributed by atoms with E-state index in [1.54, 1.807) is 12.3 Å². The van der Waals surface area contributed by atoms with Crippen LogP contribution in [0.15, 0.2) is 77.9 Å². The van der Waals surface area contributed by atoms with Crippen molar-refractivity contribution < 1.29 is 4.79 Å². The van der Waals surface area contributed by atoms with Crippen LogP contribution in [0, 0.1) is 19.8 Å². The number of carbonyl (C=O) groups is 1. The van der Waals surface area contributed by atoms with Crippen LogP contribution in [0.3, 0.4) is 0 Å². The summed E-state index contributed by atoms with van der Waals surface area (Å²) in [6.07, 6.45) is 2.36. The standard InChI is InChI=1S/C25H23ClN2O/c1-17-7-5-10-20(13-17)25(21-11-6-8-18(2)14-21)15-22(25)24(29)28-27-16-19-9-3-4-12-23(19)26/h3-14,16,22H,15H2,1-2H3,(H,28,29)/t22-/m1/s1. The third-order valence-corrected chi connectivity index (χ3v) is 5.97. The van der Waals surface area contributed by atoms with Gasteiger partial charge in [-0.25, -0.2) is 5.43 Å². The van der Waals surface area contributed by atoms with Gasteiger partial charge in [0.1, 0.15) is 0 Å². The van der Waals surface area contributed by atoms with Crippen molar-refractivity contribution in [1.29, 1.82) is 0 Å². The second kappa shape index (κ2) is 7.84. The van der Waals surface area contributed by atoms with Gasteiger partial charge in [0.2, 0.25) is 5.91 Å². The van der Waals surface area contributed by atoms with Crippen LogP contribution in [0.25, 0.3) is 0 Å². The van der Waals surface area contributed by atoms with Crippen LogP contribution in [-0.2, 0) is 10.2 Å². The molecule has 1 saturated carbocycles. The molecule has 1 aliphatic carbocycles. The van der Waals surface area contributed by atoms with Crippen LogP contribution < -0.4 is 5.43 Å². The van der Waals surface area contributed by atoms with E-state index >= 15 is 0 Å². The number of aryl methyl sites for hydroxylation is 2. The highest BCUT2D eigenvalue weighted by molar-refractivity contribution is 6.33. The fraction of sp³-hybridized carbons (Fsp3) is 0.200. The molecule has 1 aliphatic rings. The molecule has 3 aromatic rings. The summed E-state index contributed by atoms with van der Waals surface area (Å²) >= 11 is 6.15. The Morgan fingerprint density at radius 2 is 1.62 bits per heavy atom. The van der Waals surface area contributed by atoms with Gasteiger partial charge >= 0.3 is 0 Å². The maximum atomic E-state index is 13.0. The molecule has 3 nitrogen and oxygen atoms in total. The number of hydrogen-bond donors (Lipinski definition) is 1. The van der Waals surface area contributed by atoms with Crippen LogP contribution >= 0.6 is 11.6 Å². The zero-order chi connectivity index (χ0) is 20.4. The second-order valence-electron chi connectivity index (χ2n) is 7.72. The largest absolute Gasteiger partial charge is 0.273 e. The highest BCUT2D eigenvalue weighted by Gasteiger charge is 2.60. The summed E-state index contributed by atoms with van der Waals surface area (Å²) in [4.78, 5) is 13.0. The number of hydrogen-bond acceptors (Lipinski definition) is 2. The van der Waals surface area contributed by atoms with E-state index in [9.17, 15) is 4.79 Å². The van der Waals surface area contributed by atoms with Crippen molar-refractivity contribution in [3.8, 4) is 0 Å². The first-order chi connectivity index (χ1) is 14.0. The van der Waals surface area contributed by atoms with Gasteiger partial charge in [-0.15, -0.1) is 0 Å². The van der Waals surface area contributed by atoms with E-state index in [-0.39, 0.29) is 17.2 Å². The van der Waals surface area contributed by atoms with Crippen molar-refractivity contribution in [2.75, 3.05) is 0 Å². The van der Waals surface area contributed by atoms with E-state index in [1.165, 1.54) is 22.3 Å². The summed E-state index contributed by atoms with van der Waals surface area (Å²) in [6, 6.07) is 24.3. The molecule has 0 bridgehead atoms. The van der Waals surface area contributed by atoms with Crippen molar-refractivity contribution in [3.63, 3.8) is 0 Å². The topological polar surface area (TPSA) is 41.5 Å². The van der Waals surface area contributed by atoms with E-state index in [2.05, 4.69) is 72.9 Å². The number of amides is 1. The molecule has 1 N–H and O–H groups in total. The minimum atomic E-state index is -0.304. The van der Waals surface area contributed by atoms with E-state index in [0.717, 1.165) is 12.0 Å². The zero-order valence-corrected chi connectivity index (χ0v) is 17.3. The fourth-order valence-corrected chi connectivity index (χ4v) is 4.24. The van der Waals surface area contributed by atoms with Crippen LogP contribution in [0.2, 0.25) is 5.02 Å². The van der Waals surface area contributed by atoms with Gasteiger partial charge in [-0.2, -0.15) is 5.10 Å². The molecule has 4 rings (SSSR count). The molecule has 1 fully saturated rings. The number of nitrogens with zero attached hydrogens (tertiary/aromatic N) is 1. The molecule has 0 unspecified atom stereocenters. The third kappa shape index (κ3) is 3.83. The highest BCUT2D eigenvalue weighted by atomic mass is 35.5. The molecule has 4 heteroatoms. The lowest BCUT2D eigenvalue weighted by atomic mass is 9.84. The van der Waals surface area contributed by atoms with Crippen molar-refractivity contribution in [3.05, 3.63) is 106 Å². The Bertz CT molecular complexity index is 1040. The van der Waals surface area contributed by atoms with Gasteiger partial charge in [-0.05, 0) is 37.5 Å². The number of benzene rings is 3. The maximum absolute atomic E-state index is 13.0. The Morgan fingerprint density at radius 3 is 2.21 bits per heavy atom. The predicted molar refractivity (Wildman–Crippen MR) is 118 cm³/mol. The van der Waals surface area contributed by atoms with Crippen LogP contribution in [0.5, 0.6) is 0 Å². The van der Waals surface area contributed by atoms with Crippen molar-refractivity contribution in [2.45, 2.75) is 25.7 Å². The van der Waals surface area contributed by atoms with Gasteiger partial charge in [0.25, 0.3) is 0 Å². The maximum Gasteiger partial charge on any atom is 0.244 e. The molecule has 146 valence electrons. The lowest BCUT2D eigenvalue weighted by Gasteiger charge is -2.19. The fourth-order valence-electron chi connectivity index (χ4n) is 4.05. The molecule has 0 aliphatic heterocycles. The average molecular weight is 403 g/mol. The highest BCUT2D eigenvalue weighted by Crippen LogP contribution is 2.59. The minimum Gasteiger partial charge on any atom is -0.273 e. The SMILES string of the molecule is Cc1cccc(C2(c3cccc(C)c3)C[C@@H]2C(=O)NN=Cc2ccccc2Cl)c1. The van der Waals surface area contributed by atoms with Crippen molar-refractivity contribution in [1.82, 2.24) is 5.43 Å². The normalized spacial score (nSPS) is 17.3. The Kier molecular flexibility index (Phi) is 5.25. The summed E-state index contributed by atoms with van der Waals surface area (Å²) in [5.41, 5.74) is 7.93. The van der Waals surface area contributed by atoms with Crippen LogP contribution in [0.1, 0.15) is 34.2 Å². The number of halogens is 1. The van der Waals surface area contributed by atoms with Gasteiger partial charge in [0.05, 0.1) is 12.1 Å². The zero-order valence-electron chi connectivity index (χ0n) is 16.5. The lowest BCUT2D eigenvalue weighted by molar-refractivity contribution is -0.122. The molecule has 1 amide bonds. The average Bonchev–Trinajstić information content (AvgIpc) is 3.47. The molecule has 0 heterocycles. The molecular formula is C25H23ClN2O. The van der Waals surface area contributed by atoms with Gasteiger partial charge in [-0.3, -0.25) is 4.79 Å². The smallest absolute Gasteiger partial charge is 0.244 e. The van der Waals surface area contributed by atoms with Gasteiger partial charge in [0, 0.05) is 16.0 Å². The van der Waals surface area contributed by atoms with Gasteiger partial charge in [0.15, 0.2) is 0 Å². The first kappa shape index (κ1) is 19.4. The Morgan fingerprint density at radius 1 is 1.00 bits per heavy atom. The van der Waals surface area contributed by atoms with Gasteiger partial charge in [-0.1, -0.05) is 89.5 Å². The molecular weight excluding hydrogens is 380 g/mol. The van der Waals surface area contributed by atoms with Crippen molar-refractivity contribution >= 4 is 23.7 Å². The Labute approximate surface area is 176 Å². The summed E-state index contributed by atoms with van der Waals surface area (Å²) in [7, 11) is 0. The second-order valence-corrected chi connectivity index (χ2v) is 8.13. The molecule has 0 aromatic heterocycles. The quantitative estimate of drug-likeness (QED) is 0.449. The first-order valence-corrected chi connectivity index (χ1v) is 10.1. The van der Waals surface area contributed by atoms with Crippen LogP contribution in [-0.4, -0.2) is 12.1 Å². The van der Waals surface area contributed by atoms with E-state index < -0.39 is 0 Å². The number of rotatable bonds is 5. The molecule has 29 heavy (non-hydrogen) atoms. The monoisotopic (exact) mass is 402 g/mol. The van der Waals surface area contributed by atoms with Crippen LogP contribution in [0.4, 0.5) is 0 Å². The molecule has 3 aromatic carbocycles. The summed E-state index contributed by atoms with van der Waals surface area (Å²) in [5.74, 6) is -0.231. The predicted octanol–water partition coefficient (Wildman–Crippen LogP) is 5.41. The Hall–Kier alpha value is -2.91. The summed E-state index contributed by atoms with van der Waals surface area (Å²) in [5, 5.41) is 4.75. The summed E-state index contributed by atoms with van der Waals surface area (Å²) < 4.78 is 0. The van der Waals surface area contributed by atoms with Gasteiger partial charge < -0.3 is 0 Å². The molecule has 1 atom stereocenters.